The number of hydrogen-bond donors (Lipinski definition) is 2. The van der Waals surface area contributed by atoms with Crippen LogP contribution in [-0.4, -0.2) is 23.6 Å². The molecule has 0 radical (unpaired) electrons. The van der Waals surface area contributed by atoms with E-state index < -0.39 is 38.4 Å². The standard InChI is InChI=1S/C13H15F3N4O2S/c1-6(2)12(13-17-7(3)18-19-13)20-23(21,22)8-4-9(14)11(16)10(15)5-8/h4-6,12,20H,1-3H3,(H,17,18,19)/t12-/m1/s1. The minimum Gasteiger partial charge on any atom is -0.263 e. The van der Waals surface area contributed by atoms with Crippen LogP contribution in [0.5, 0.6) is 0 Å². The lowest BCUT2D eigenvalue weighted by Gasteiger charge is -2.19. The molecule has 0 spiro atoms. The van der Waals surface area contributed by atoms with Gasteiger partial charge in [0.25, 0.3) is 0 Å². The van der Waals surface area contributed by atoms with Gasteiger partial charge < -0.3 is 0 Å². The third kappa shape index (κ3) is 3.70. The van der Waals surface area contributed by atoms with Gasteiger partial charge >= 0.3 is 0 Å². The van der Waals surface area contributed by atoms with Crippen LogP contribution in [0.1, 0.15) is 31.5 Å². The van der Waals surface area contributed by atoms with Gasteiger partial charge in [0.2, 0.25) is 10.0 Å². The first kappa shape index (κ1) is 17.4. The van der Waals surface area contributed by atoms with Crippen LogP contribution in [0.25, 0.3) is 0 Å². The summed E-state index contributed by atoms with van der Waals surface area (Å²) in [6.45, 7) is 5.10. The number of rotatable bonds is 5. The number of nitrogens with zero attached hydrogens (tertiary/aromatic N) is 2. The van der Waals surface area contributed by atoms with E-state index >= 15 is 0 Å². The van der Waals surface area contributed by atoms with E-state index in [0.717, 1.165) is 0 Å². The van der Waals surface area contributed by atoms with Gasteiger partial charge in [-0.2, -0.15) is 5.10 Å². The molecule has 0 saturated heterocycles. The first-order chi connectivity index (χ1) is 10.6. The molecule has 0 saturated carbocycles. The monoisotopic (exact) mass is 348 g/mol. The Morgan fingerprint density at radius 1 is 1.17 bits per heavy atom. The number of H-pyrrole nitrogens is 1. The Hall–Kier alpha value is -1.94. The quantitative estimate of drug-likeness (QED) is 0.811. The number of sulfonamides is 1. The molecule has 2 rings (SSSR count). The average molecular weight is 348 g/mol. The van der Waals surface area contributed by atoms with Gasteiger partial charge in [-0.1, -0.05) is 13.8 Å². The zero-order valence-corrected chi connectivity index (χ0v) is 13.4. The van der Waals surface area contributed by atoms with Gasteiger partial charge in [0.05, 0.1) is 10.9 Å². The van der Waals surface area contributed by atoms with Crippen molar-refractivity contribution < 1.29 is 21.6 Å². The van der Waals surface area contributed by atoms with Gasteiger partial charge in [-0.3, -0.25) is 5.10 Å². The van der Waals surface area contributed by atoms with E-state index in [0.29, 0.717) is 18.0 Å². The van der Waals surface area contributed by atoms with Crippen molar-refractivity contribution in [3.63, 3.8) is 0 Å². The number of benzene rings is 1. The Kier molecular flexibility index (Phi) is 4.76. The lowest BCUT2D eigenvalue weighted by Crippen LogP contribution is -2.32. The van der Waals surface area contributed by atoms with Crippen LogP contribution in [0.4, 0.5) is 13.2 Å². The van der Waals surface area contributed by atoms with Crippen molar-refractivity contribution in [2.75, 3.05) is 0 Å². The Morgan fingerprint density at radius 3 is 2.17 bits per heavy atom. The maximum Gasteiger partial charge on any atom is 0.241 e. The van der Waals surface area contributed by atoms with E-state index in [-0.39, 0.29) is 11.7 Å². The molecule has 23 heavy (non-hydrogen) atoms. The lowest BCUT2D eigenvalue weighted by molar-refractivity contribution is 0.436. The molecule has 10 heteroatoms. The van der Waals surface area contributed by atoms with Crippen molar-refractivity contribution in [3.8, 4) is 0 Å². The molecular formula is C13H15F3N4O2S. The summed E-state index contributed by atoms with van der Waals surface area (Å²) in [5, 5.41) is 6.48. The second kappa shape index (κ2) is 6.28. The molecule has 0 fully saturated rings. The molecule has 0 bridgehead atoms. The maximum atomic E-state index is 13.3. The highest BCUT2D eigenvalue weighted by atomic mass is 32.2. The Bertz CT molecular complexity index is 797. The summed E-state index contributed by atoms with van der Waals surface area (Å²) in [7, 11) is -4.30. The van der Waals surface area contributed by atoms with E-state index in [1.807, 2.05) is 0 Å². The van der Waals surface area contributed by atoms with Crippen molar-refractivity contribution in [2.45, 2.75) is 31.7 Å². The zero-order chi connectivity index (χ0) is 17.4. The molecule has 1 aromatic carbocycles. The van der Waals surface area contributed by atoms with Gasteiger partial charge in [0.15, 0.2) is 23.3 Å². The zero-order valence-electron chi connectivity index (χ0n) is 12.6. The summed E-state index contributed by atoms with van der Waals surface area (Å²) in [5.74, 6) is -4.45. The normalized spacial score (nSPS) is 13.5. The molecule has 1 atom stereocenters. The first-order valence-electron chi connectivity index (χ1n) is 6.67. The number of hydrogen-bond acceptors (Lipinski definition) is 4. The lowest BCUT2D eigenvalue weighted by atomic mass is 10.1. The summed E-state index contributed by atoms with van der Waals surface area (Å²) in [4.78, 5) is 3.34. The van der Waals surface area contributed by atoms with E-state index in [1.165, 1.54) is 0 Å². The molecule has 1 heterocycles. The second-order valence-electron chi connectivity index (χ2n) is 5.32. The molecule has 1 aromatic heterocycles. The highest BCUT2D eigenvalue weighted by Crippen LogP contribution is 2.23. The van der Waals surface area contributed by atoms with E-state index in [4.69, 9.17) is 0 Å². The van der Waals surface area contributed by atoms with Gasteiger partial charge in [0.1, 0.15) is 5.82 Å². The van der Waals surface area contributed by atoms with Crippen LogP contribution in [-0.2, 0) is 10.0 Å². The van der Waals surface area contributed by atoms with E-state index in [1.54, 1.807) is 20.8 Å². The molecule has 0 aliphatic rings. The third-order valence-electron chi connectivity index (χ3n) is 3.11. The molecular weight excluding hydrogens is 333 g/mol. The van der Waals surface area contributed by atoms with Gasteiger partial charge in [-0.25, -0.2) is 31.3 Å². The summed E-state index contributed by atoms with van der Waals surface area (Å²) >= 11 is 0. The third-order valence-corrected chi connectivity index (χ3v) is 4.53. The SMILES string of the molecule is Cc1nc([C@H](NS(=O)(=O)c2cc(F)c(F)c(F)c2)C(C)C)n[nH]1. The molecule has 0 aliphatic heterocycles. The van der Waals surface area contributed by atoms with Crippen molar-refractivity contribution in [2.24, 2.45) is 5.92 Å². The fraction of sp³-hybridized carbons (Fsp3) is 0.385. The molecule has 126 valence electrons. The van der Waals surface area contributed by atoms with Crippen LogP contribution in [0.3, 0.4) is 0 Å². The molecule has 6 nitrogen and oxygen atoms in total. The van der Waals surface area contributed by atoms with Crippen LogP contribution in [0.15, 0.2) is 17.0 Å². The van der Waals surface area contributed by atoms with Crippen molar-refractivity contribution in [1.82, 2.24) is 19.9 Å². The van der Waals surface area contributed by atoms with Crippen molar-refractivity contribution in [3.05, 3.63) is 41.2 Å². The number of aromatic nitrogens is 3. The minimum atomic E-state index is -4.30. The Labute approximate surface area is 131 Å². The van der Waals surface area contributed by atoms with Gasteiger partial charge in [0, 0.05) is 0 Å². The number of aryl methyl sites for hydroxylation is 1. The Balaban J connectivity index is 2.39. The van der Waals surface area contributed by atoms with Gasteiger partial charge in [-0.05, 0) is 25.0 Å². The summed E-state index contributed by atoms with van der Waals surface area (Å²) in [6.07, 6.45) is 0. The fourth-order valence-corrected chi connectivity index (χ4v) is 3.27. The largest absolute Gasteiger partial charge is 0.263 e. The fourth-order valence-electron chi connectivity index (χ4n) is 1.91. The molecule has 0 aliphatic carbocycles. The van der Waals surface area contributed by atoms with Crippen LogP contribution < -0.4 is 4.72 Å². The van der Waals surface area contributed by atoms with Crippen LogP contribution in [0.2, 0.25) is 0 Å². The first-order valence-corrected chi connectivity index (χ1v) is 8.16. The number of aromatic amines is 1. The summed E-state index contributed by atoms with van der Waals surface area (Å²) in [6, 6.07) is 0.0176. The predicted octanol–water partition coefficient (Wildman–Crippen LogP) is 2.21. The summed E-state index contributed by atoms with van der Waals surface area (Å²) in [5.41, 5.74) is 0. The van der Waals surface area contributed by atoms with Crippen LogP contribution in [0, 0.1) is 30.3 Å². The highest BCUT2D eigenvalue weighted by molar-refractivity contribution is 7.89. The van der Waals surface area contributed by atoms with Crippen molar-refractivity contribution >= 4 is 10.0 Å². The van der Waals surface area contributed by atoms with E-state index in [9.17, 15) is 21.6 Å². The smallest absolute Gasteiger partial charge is 0.241 e. The average Bonchev–Trinajstić information content (AvgIpc) is 2.87. The van der Waals surface area contributed by atoms with Crippen LogP contribution >= 0.6 is 0 Å². The van der Waals surface area contributed by atoms with Crippen molar-refractivity contribution in [1.29, 1.82) is 0 Å². The summed E-state index contributed by atoms with van der Waals surface area (Å²) < 4.78 is 66.4. The molecule has 2 aromatic rings. The topological polar surface area (TPSA) is 87.7 Å². The van der Waals surface area contributed by atoms with E-state index in [2.05, 4.69) is 19.9 Å². The minimum absolute atomic E-state index is 0.198. The molecule has 0 amide bonds. The number of nitrogens with one attached hydrogen (secondary N) is 2. The predicted molar refractivity (Wildman–Crippen MR) is 75.3 cm³/mol. The Morgan fingerprint density at radius 2 is 1.74 bits per heavy atom. The second-order valence-corrected chi connectivity index (χ2v) is 7.04. The number of halogens is 3. The highest BCUT2D eigenvalue weighted by Gasteiger charge is 2.28. The molecule has 2 N–H and O–H groups in total. The van der Waals surface area contributed by atoms with Gasteiger partial charge in [-0.15, -0.1) is 0 Å². The maximum absolute atomic E-state index is 13.3. The molecule has 0 unspecified atom stereocenters.